The van der Waals surface area contributed by atoms with Crippen LogP contribution < -0.4 is 33.2 Å². The highest BCUT2D eigenvalue weighted by Gasteiger charge is 2.32. The maximum atomic E-state index is 13.2. The number of primary amides is 2. The summed E-state index contributed by atoms with van der Waals surface area (Å²) < 4.78 is 0. The van der Waals surface area contributed by atoms with Gasteiger partial charge in [0.05, 0.1) is 12.5 Å². The first-order chi connectivity index (χ1) is 16.8. The zero-order valence-electron chi connectivity index (χ0n) is 20.2. The molecule has 198 valence electrons. The van der Waals surface area contributed by atoms with Crippen molar-refractivity contribution in [2.45, 2.75) is 63.7 Å². The Morgan fingerprint density at radius 1 is 0.833 bits per heavy atom. The molecular weight excluding hydrogens is 472 g/mol. The highest BCUT2D eigenvalue weighted by atomic mass is 16.4. The smallest absolute Gasteiger partial charge is 0.326 e. The molecule has 10 N–H and O–H groups in total. The van der Waals surface area contributed by atoms with Crippen molar-refractivity contribution in [3.05, 3.63) is 35.9 Å². The monoisotopic (exact) mass is 506 g/mol. The fourth-order valence-corrected chi connectivity index (χ4v) is 3.24. The van der Waals surface area contributed by atoms with Crippen molar-refractivity contribution in [3.63, 3.8) is 0 Å². The number of hydrogen-bond donors (Lipinski definition) is 7. The van der Waals surface area contributed by atoms with Gasteiger partial charge in [-0.2, -0.15) is 0 Å². The van der Waals surface area contributed by atoms with Crippen molar-refractivity contribution in [3.8, 4) is 0 Å². The molecule has 1 aromatic rings. The van der Waals surface area contributed by atoms with Gasteiger partial charge in [0.25, 0.3) is 0 Å². The highest BCUT2D eigenvalue weighted by Crippen LogP contribution is 2.08. The summed E-state index contributed by atoms with van der Waals surface area (Å²) in [6.45, 7) is 3.27. The summed E-state index contributed by atoms with van der Waals surface area (Å²) in [6, 6.07) is 3.73. The quantitative estimate of drug-likeness (QED) is 0.139. The molecule has 0 spiro atoms. The number of nitrogens with one attached hydrogen (secondary N) is 3. The Bertz CT molecular complexity index is 954. The second-order valence-electron chi connectivity index (χ2n) is 8.66. The van der Waals surface area contributed by atoms with Crippen LogP contribution in [0.2, 0.25) is 0 Å². The Hall–Kier alpha value is -4.00. The Balaban J connectivity index is 3.06. The van der Waals surface area contributed by atoms with Crippen LogP contribution in [0.4, 0.5) is 0 Å². The maximum absolute atomic E-state index is 13.2. The van der Waals surface area contributed by atoms with Gasteiger partial charge in [-0.15, -0.1) is 0 Å². The maximum Gasteiger partial charge on any atom is 0.326 e. The first-order valence-corrected chi connectivity index (χ1v) is 11.3. The van der Waals surface area contributed by atoms with E-state index in [-0.39, 0.29) is 19.3 Å². The number of aliphatic carboxylic acids is 1. The van der Waals surface area contributed by atoms with E-state index < -0.39 is 72.0 Å². The van der Waals surface area contributed by atoms with Crippen LogP contribution in [-0.2, 0) is 35.2 Å². The number of benzene rings is 1. The van der Waals surface area contributed by atoms with Gasteiger partial charge in [0, 0.05) is 12.8 Å². The normalized spacial score (nSPS) is 14.1. The van der Waals surface area contributed by atoms with Crippen LogP contribution >= 0.6 is 0 Å². The summed E-state index contributed by atoms with van der Waals surface area (Å²) in [5.41, 5.74) is 16.5. The molecule has 13 nitrogen and oxygen atoms in total. The van der Waals surface area contributed by atoms with Gasteiger partial charge in [-0.05, 0) is 17.9 Å². The van der Waals surface area contributed by atoms with Gasteiger partial charge in [-0.3, -0.25) is 24.0 Å². The van der Waals surface area contributed by atoms with Gasteiger partial charge >= 0.3 is 5.97 Å². The fraction of sp³-hybridized carbons (Fsp3) is 0.478. The van der Waals surface area contributed by atoms with E-state index in [9.17, 15) is 33.9 Å². The summed E-state index contributed by atoms with van der Waals surface area (Å²) in [5, 5.41) is 16.7. The van der Waals surface area contributed by atoms with Gasteiger partial charge in [0.15, 0.2) is 0 Å². The molecule has 5 amide bonds. The van der Waals surface area contributed by atoms with Crippen LogP contribution in [0.5, 0.6) is 0 Å². The number of rotatable bonds is 15. The van der Waals surface area contributed by atoms with Crippen LogP contribution in [0.15, 0.2) is 30.3 Å². The average molecular weight is 507 g/mol. The van der Waals surface area contributed by atoms with Crippen molar-refractivity contribution in [1.82, 2.24) is 16.0 Å². The summed E-state index contributed by atoms with van der Waals surface area (Å²) in [6.07, 6.45) is -0.860. The number of hydrogen-bond acceptors (Lipinski definition) is 7. The highest BCUT2D eigenvalue weighted by molar-refractivity contribution is 5.95. The van der Waals surface area contributed by atoms with Gasteiger partial charge < -0.3 is 38.3 Å². The lowest BCUT2D eigenvalue weighted by Crippen LogP contribution is -2.59. The van der Waals surface area contributed by atoms with E-state index in [0.717, 1.165) is 0 Å². The predicted molar refractivity (Wildman–Crippen MR) is 129 cm³/mol. The average Bonchev–Trinajstić information content (AvgIpc) is 2.78. The van der Waals surface area contributed by atoms with Crippen LogP contribution in [0, 0.1) is 5.92 Å². The van der Waals surface area contributed by atoms with E-state index >= 15 is 0 Å². The second-order valence-corrected chi connectivity index (χ2v) is 8.66. The molecule has 4 atom stereocenters. The number of nitrogens with two attached hydrogens (primary N) is 3. The Morgan fingerprint density at radius 3 is 1.92 bits per heavy atom. The topological polar surface area (TPSA) is 237 Å². The number of carboxylic acids is 1. The Labute approximate surface area is 208 Å². The first kappa shape index (κ1) is 30.0. The molecule has 0 aliphatic heterocycles. The minimum absolute atomic E-state index is 0.0461. The minimum atomic E-state index is -1.39. The fourth-order valence-electron chi connectivity index (χ4n) is 3.24. The summed E-state index contributed by atoms with van der Waals surface area (Å²) in [4.78, 5) is 72.1. The molecule has 1 rings (SSSR count). The van der Waals surface area contributed by atoms with E-state index in [1.54, 1.807) is 44.2 Å². The van der Waals surface area contributed by atoms with Crippen molar-refractivity contribution in [2.24, 2.45) is 23.1 Å². The lowest BCUT2D eigenvalue weighted by Gasteiger charge is -2.27. The van der Waals surface area contributed by atoms with Gasteiger partial charge in [0.1, 0.15) is 18.1 Å². The molecule has 0 aliphatic rings. The Morgan fingerprint density at radius 2 is 1.42 bits per heavy atom. The third-order valence-corrected chi connectivity index (χ3v) is 5.21. The van der Waals surface area contributed by atoms with Crippen LogP contribution in [0.25, 0.3) is 0 Å². The van der Waals surface area contributed by atoms with Crippen molar-refractivity contribution in [1.29, 1.82) is 0 Å². The zero-order valence-corrected chi connectivity index (χ0v) is 20.2. The molecule has 0 bridgehead atoms. The lowest BCUT2D eigenvalue weighted by molar-refractivity contribution is -0.143. The van der Waals surface area contributed by atoms with E-state index in [4.69, 9.17) is 17.2 Å². The number of carbonyl (C=O) groups excluding carboxylic acids is 5. The van der Waals surface area contributed by atoms with Crippen molar-refractivity contribution >= 4 is 35.5 Å². The van der Waals surface area contributed by atoms with Crippen LogP contribution in [0.1, 0.15) is 38.7 Å². The largest absolute Gasteiger partial charge is 0.480 e. The molecule has 36 heavy (non-hydrogen) atoms. The molecule has 0 heterocycles. The van der Waals surface area contributed by atoms with Crippen molar-refractivity contribution in [2.75, 3.05) is 0 Å². The number of amides is 5. The number of carboxylic acid groups (broad SMARTS) is 1. The molecular formula is C23H34N6O7. The molecule has 0 saturated carbocycles. The summed E-state index contributed by atoms with van der Waals surface area (Å²) in [7, 11) is 0. The molecule has 0 aliphatic carbocycles. The van der Waals surface area contributed by atoms with Gasteiger partial charge in [-0.1, -0.05) is 44.2 Å². The molecule has 0 aromatic heterocycles. The molecule has 1 aromatic carbocycles. The predicted octanol–water partition coefficient (Wildman–Crippen LogP) is -2.11. The minimum Gasteiger partial charge on any atom is -0.480 e. The zero-order chi connectivity index (χ0) is 27.4. The van der Waals surface area contributed by atoms with E-state index in [1.165, 1.54) is 0 Å². The molecule has 4 unspecified atom stereocenters. The summed E-state index contributed by atoms with van der Waals surface area (Å²) >= 11 is 0. The third kappa shape index (κ3) is 10.5. The molecule has 0 radical (unpaired) electrons. The second kappa shape index (κ2) is 14.4. The van der Waals surface area contributed by atoms with Crippen molar-refractivity contribution < 1.29 is 33.9 Å². The standard InChI is InChI=1S/C23H34N6O7/c1-12(2)19(22(34)27-15(23(35)36)8-9-17(25)30)29-21(33)16(10-13-6-4-3-5-7-13)28-20(32)14(24)11-18(26)31/h3-7,12,14-16,19H,8-11,24H2,1-2H3,(H2,25,30)(H2,26,31)(H,27,34)(H,28,32)(H,29,33)(H,35,36). The third-order valence-electron chi connectivity index (χ3n) is 5.21. The SMILES string of the molecule is CC(C)C(NC(=O)C(Cc1ccccc1)NC(=O)C(N)CC(N)=O)C(=O)NC(CCC(N)=O)C(=O)O. The lowest BCUT2D eigenvalue weighted by atomic mass is 10.00. The van der Waals surface area contributed by atoms with Crippen LogP contribution in [-0.4, -0.2) is 64.8 Å². The van der Waals surface area contributed by atoms with Crippen LogP contribution in [0.3, 0.4) is 0 Å². The summed E-state index contributed by atoms with van der Waals surface area (Å²) in [5.74, 6) is -5.64. The Kier molecular flexibility index (Phi) is 12.0. The van der Waals surface area contributed by atoms with Gasteiger partial charge in [-0.25, -0.2) is 4.79 Å². The van der Waals surface area contributed by atoms with Gasteiger partial charge in [0.2, 0.25) is 29.5 Å². The first-order valence-electron chi connectivity index (χ1n) is 11.3. The molecule has 0 fully saturated rings. The van der Waals surface area contributed by atoms with E-state index in [1.807, 2.05) is 0 Å². The van der Waals surface area contributed by atoms with E-state index in [0.29, 0.717) is 5.56 Å². The van der Waals surface area contributed by atoms with E-state index in [2.05, 4.69) is 16.0 Å². The number of carbonyl (C=O) groups is 6. The molecule has 0 saturated heterocycles. The molecule has 13 heteroatoms.